The molecular weight excluding hydrogens is 320 g/mol. The molecule has 0 aliphatic carbocycles. The second-order valence-electron chi connectivity index (χ2n) is 6.55. The van der Waals surface area contributed by atoms with Crippen LogP contribution in [-0.2, 0) is 14.5 Å². The van der Waals surface area contributed by atoms with E-state index in [-0.39, 0.29) is 5.60 Å². The summed E-state index contributed by atoms with van der Waals surface area (Å²) in [5, 5.41) is 1.29. The van der Waals surface area contributed by atoms with E-state index in [0.29, 0.717) is 18.6 Å². The molecule has 4 nitrogen and oxygen atoms in total. The van der Waals surface area contributed by atoms with Gasteiger partial charge in [-0.3, -0.25) is 4.89 Å². The van der Waals surface area contributed by atoms with Crippen LogP contribution in [0.3, 0.4) is 0 Å². The van der Waals surface area contributed by atoms with Gasteiger partial charge in [-0.2, -0.15) is 4.89 Å². The average molecular weight is 351 g/mol. The minimum atomic E-state index is -1.64. The van der Waals surface area contributed by atoms with E-state index in [0.717, 1.165) is 12.1 Å². The molecule has 0 amide bonds. The number of ether oxygens (including phenoxy) is 1. The van der Waals surface area contributed by atoms with Crippen molar-refractivity contribution < 1.29 is 19.3 Å². The molecule has 0 saturated heterocycles. The normalized spacial score (nSPS) is 12.0. The lowest BCUT2D eigenvalue weighted by Crippen LogP contribution is -2.44. The van der Waals surface area contributed by atoms with E-state index in [9.17, 15) is 4.79 Å². The molecule has 0 spiro atoms. The van der Waals surface area contributed by atoms with Crippen LogP contribution in [0.5, 0.6) is 0 Å². The van der Waals surface area contributed by atoms with Gasteiger partial charge in [0.15, 0.2) is 0 Å². The van der Waals surface area contributed by atoms with Crippen LogP contribution in [-0.4, -0.2) is 33.4 Å². The average Bonchev–Trinajstić information content (AvgIpc) is 2.61. The molecule has 0 bridgehead atoms. The third-order valence-electron chi connectivity index (χ3n) is 4.82. The highest BCUT2D eigenvalue weighted by Crippen LogP contribution is 2.17. The molecule has 0 N–H and O–H groups in total. The quantitative estimate of drug-likeness (QED) is 0.277. The highest BCUT2D eigenvalue weighted by atomic mass is 28.3. The molecule has 0 aliphatic rings. The first-order valence-electron chi connectivity index (χ1n) is 8.47. The first kappa shape index (κ1) is 20.6. The molecule has 0 fully saturated rings. The lowest BCUT2D eigenvalue weighted by molar-refractivity contribution is -0.247. The summed E-state index contributed by atoms with van der Waals surface area (Å²) in [5.74, 6) is -0.476. The Balaban J connectivity index is 2.63. The fraction of sp³-hybridized carbons (Fsp3) is 0.526. The van der Waals surface area contributed by atoms with Crippen molar-refractivity contribution in [1.29, 1.82) is 0 Å². The molecule has 0 aliphatic heterocycles. The summed E-state index contributed by atoms with van der Waals surface area (Å²) in [4.78, 5) is 21.9. The van der Waals surface area contributed by atoms with Gasteiger partial charge in [0.1, 0.15) is 8.07 Å². The minimum absolute atomic E-state index is 0.294. The molecular formula is C19H30O4Si. The van der Waals surface area contributed by atoms with Gasteiger partial charge >= 0.3 is 5.97 Å². The molecule has 134 valence electrons. The maximum absolute atomic E-state index is 12.0. The van der Waals surface area contributed by atoms with Gasteiger partial charge in [0, 0.05) is 13.5 Å². The molecule has 0 atom stereocenters. The third kappa shape index (κ3) is 5.29. The van der Waals surface area contributed by atoms with Crippen LogP contribution in [0.4, 0.5) is 0 Å². The summed E-state index contributed by atoms with van der Waals surface area (Å²) in [6.45, 7) is 12.6. The van der Waals surface area contributed by atoms with Crippen LogP contribution in [0.2, 0.25) is 12.1 Å². The monoisotopic (exact) mass is 350 g/mol. The van der Waals surface area contributed by atoms with E-state index in [2.05, 4.69) is 26.1 Å². The largest absolute Gasteiger partial charge is 0.379 e. The predicted molar refractivity (Wildman–Crippen MR) is 100 cm³/mol. The van der Waals surface area contributed by atoms with Gasteiger partial charge in [-0.05, 0) is 26.0 Å². The van der Waals surface area contributed by atoms with Crippen molar-refractivity contribution in [2.75, 3.05) is 13.7 Å². The number of hydrogen-bond donors (Lipinski definition) is 0. The van der Waals surface area contributed by atoms with Crippen molar-refractivity contribution in [1.82, 2.24) is 0 Å². The van der Waals surface area contributed by atoms with E-state index in [1.807, 2.05) is 26.0 Å². The van der Waals surface area contributed by atoms with Gasteiger partial charge in [0.2, 0.25) is 0 Å². The van der Waals surface area contributed by atoms with E-state index in [4.69, 9.17) is 14.5 Å². The Morgan fingerprint density at radius 1 is 1.21 bits per heavy atom. The molecule has 24 heavy (non-hydrogen) atoms. The number of carbonyl (C=O) groups excluding carboxylic acids is 1. The van der Waals surface area contributed by atoms with Gasteiger partial charge < -0.3 is 4.74 Å². The van der Waals surface area contributed by atoms with Crippen LogP contribution in [0.25, 0.3) is 0 Å². The zero-order valence-corrected chi connectivity index (χ0v) is 16.6. The van der Waals surface area contributed by atoms with Crippen molar-refractivity contribution in [3.05, 3.63) is 42.1 Å². The van der Waals surface area contributed by atoms with Crippen LogP contribution in [0.15, 0.2) is 36.5 Å². The molecule has 1 aromatic carbocycles. The zero-order valence-electron chi connectivity index (χ0n) is 15.6. The van der Waals surface area contributed by atoms with E-state index in [1.54, 1.807) is 19.2 Å². The molecule has 0 saturated carbocycles. The van der Waals surface area contributed by atoms with Crippen molar-refractivity contribution in [2.45, 2.75) is 51.8 Å². The van der Waals surface area contributed by atoms with Crippen LogP contribution >= 0.6 is 0 Å². The fourth-order valence-electron chi connectivity index (χ4n) is 2.54. The second kappa shape index (κ2) is 9.16. The van der Waals surface area contributed by atoms with Crippen molar-refractivity contribution in [3.8, 4) is 0 Å². The standard InChI is InChI=1S/C19H30O4Si/c1-7-24(8-2,9-3)17-12-10-16(11-13-17)18(20)23-22-15-14-19(4,5)21-6/h7,10-13H,1,8-9,14-15H2,2-6H3. The first-order valence-corrected chi connectivity index (χ1v) is 11.0. The lowest BCUT2D eigenvalue weighted by atomic mass is 10.1. The number of methoxy groups -OCH3 is 1. The summed E-state index contributed by atoms with van der Waals surface area (Å²) in [6, 6.07) is 9.86. The summed E-state index contributed by atoms with van der Waals surface area (Å²) in [5.41, 5.74) is 2.32. The summed E-state index contributed by atoms with van der Waals surface area (Å²) in [7, 11) is 0.00460. The van der Waals surface area contributed by atoms with Crippen LogP contribution in [0, 0.1) is 0 Å². The highest BCUT2D eigenvalue weighted by molar-refractivity contribution is 6.95. The topological polar surface area (TPSA) is 44.8 Å². The highest BCUT2D eigenvalue weighted by Gasteiger charge is 2.27. The van der Waals surface area contributed by atoms with Gasteiger partial charge in [0.05, 0.1) is 17.8 Å². The SMILES string of the molecule is C=C[Si](CC)(CC)c1ccc(C(=O)OOCCC(C)(C)OC)cc1. The maximum Gasteiger partial charge on any atom is 0.373 e. The van der Waals surface area contributed by atoms with E-state index >= 15 is 0 Å². The Bertz CT molecular complexity index is 533. The second-order valence-corrected chi connectivity index (χ2v) is 11.3. The fourth-order valence-corrected chi connectivity index (χ4v) is 5.50. The Morgan fingerprint density at radius 3 is 2.25 bits per heavy atom. The number of hydrogen-bond acceptors (Lipinski definition) is 4. The minimum Gasteiger partial charge on any atom is -0.379 e. The molecule has 0 unspecified atom stereocenters. The Hall–Kier alpha value is -1.43. The number of rotatable bonds is 10. The molecule has 0 aromatic heterocycles. The van der Waals surface area contributed by atoms with Gasteiger partial charge in [-0.15, -0.1) is 6.58 Å². The zero-order chi connectivity index (χ0) is 18.2. The lowest BCUT2D eigenvalue weighted by Gasteiger charge is -2.25. The van der Waals surface area contributed by atoms with Crippen LogP contribution in [0.1, 0.15) is 44.5 Å². The third-order valence-corrected chi connectivity index (χ3v) is 9.61. The predicted octanol–water partition coefficient (Wildman–Crippen LogP) is 4.01. The molecule has 1 rings (SSSR count). The molecule has 0 radical (unpaired) electrons. The Labute approximate surface area is 146 Å². The first-order chi connectivity index (χ1) is 11.3. The maximum atomic E-state index is 12.0. The molecule has 0 heterocycles. The summed E-state index contributed by atoms with van der Waals surface area (Å²) >= 11 is 0. The van der Waals surface area contributed by atoms with Gasteiger partial charge in [0.25, 0.3) is 0 Å². The van der Waals surface area contributed by atoms with E-state index in [1.165, 1.54) is 5.19 Å². The van der Waals surface area contributed by atoms with Gasteiger partial charge in [-0.1, -0.05) is 49.0 Å². The van der Waals surface area contributed by atoms with E-state index < -0.39 is 14.0 Å². The van der Waals surface area contributed by atoms with Gasteiger partial charge in [-0.25, -0.2) is 4.79 Å². The number of benzene rings is 1. The summed E-state index contributed by atoms with van der Waals surface area (Å²) in [6.07, 6.45) is 0.635. The van der Waals surface area contributed by atoms with Crippen molar-refractivity contribution >= 4 is 19.2 Å². The smallest absolute Gasteiger partial charge is 0.373 e. The van der Waals surface area contributed by atoms with Crippen molar-refractivity contribution in [3.63, 3.8) is 0 Å². The van der Waals surface area contributed by atoms with Crippen molar-refractivity contribution in [2.24, 2.45) is 0 Å². The summed E-state index contributed by atoms with van der Waals surface area (Å²) < 4.78 is 5.28. The molecule has 5 heteroatoms. The van der Waals surface area contributed by atoms with Crippen LogP contribution < -0.4 is 5.19 Å². The molecule has 1 aromatic rings. The Morgan fingerprint density at radius 2 is 1.79 bits per heavy atom. The Kier molecular flexibility index (Phi) is 7.86. The number of carbonyl (C=O) groups is 1.